The molecule has 1 aromatic carbocycles. The minimum atomic E-state index is 0.00969. The maximum absolute atomic E-state index is 11.7. The summed E-state index contributed by atoms with van der Waals surface area (Å²) in [5, 5.41) is 11.3. The van der Waals surface area contributed by atoms with Crippen LogP contribution >= 0.6 is 11.8 Å². The lowest BCUT2D eigenvalue weighted by molar-refractivity contribution is -0.113. The predicted molar refractivity (Wildman–Crippen MR) is 85.9 cm³/mol. The molecule has 1 aromatic rings. The van der Waals surface area contributed by atoms with Gasteiger partial charge in [0.25, 0.3) is 0 Å². The number of carbonyl (C=O) groups is 1. The van der Waals surface area contributed by atoms with Crippen molar-refractivity contribution in [2.45, 2.75) is 39.0 Å². The van der Waals surface area contributed by atoms with Gasteiger partial charge in [0, 0.05) is 12.1 Å². The van der Waals surface area contributed by atoms with E-state index in [1.807, 2.05) is 12.1 Å². The smallest absolute Gasteiger partial charge is 0.234 e. The molecule has 0 saturated carbocycles. The summed E-state index contributed by atoms with van der Waals surface area (Å²) in [6, 6.07) is 10.1. The molecular weight excluding hydrogens is 268 g/mol. The van der Waals surface area contributed by atoms with E-state index in [9.17, 15) is 4.79 Å². The van der Waals surface area contributed by atoms with Crippen molar-refractivity contribution in [2.24, 2.45) is 0 Å². The highest BCUT2D eigenvalue weighted by molar-refractivity contribution is 7.99. The lowest BCUT2D eigenvalue weighted by Crippen LogP contribution is -2.15. The van der Waals surface area contributed by atoms with Gasteiger partial charge >= 0.3 is 0 Å². The molecule has 1 rings (SSSR count). The second-order valence-electron chi connectivity index (χ2n) is 5.69. The Kier molecular flexibility index (Phi) is 6.60. The van der Waals surface area contributed by atoms with E-state index in [4.69, 9.17) is 5.26 Å². The predicted octanol–water partition coefficient (Wildman–Crippen LogP) is 3.96. The first kappa shape index (κ1) is 16.6. The molecule has 3 nitrogen and oxygen atoms in total. The Labute approximate surface area is 125 Å². The summed E-state index contributed by atoms with van der Waals surface area (Å²) in [5.74, 6) is 1.30. The molecule has 0 unspecified atom stereocenters. The lowest BCUT2D eigenvalue weighted by atomic mass is 9.87. The molecule has 0 heterocycles. The number of unbranched alkanes of at least 4 members (excludes halogenated alkanes) is 1. The minimum absolute atomic E-state index is 0.00969. The topological polar surface area (TPSA) is 52.9 Å². The first-order chi connectivity index (χ1) is 9.43. The Balaban J connectivity index is 2.37. The summed E-state index contributed by atoms with van der Waals surface area (Å²) < 4.78 is 0. The molecule has 0 atom stereocenters. The number of nitriles is 1. The van der Waals surface area contributed by atoms with Crippen molar-refractivity contribution in [3.05, 3.63) is 29.8 Å². The summed E-state index contributed by atoms with van der Waals surface area (Å²) in [6.45, 7) is 6.50. The van der Waals surface area contributed by atoms with E-state index in [2.05, 4.69) is 44.3 Å². The molecule has 1 N–H and O–H groups in total. The number of nitrogens with one attached hydrogen (secondary N) is 1. The third-order valence-electron chi connectivity index (χ3n) is 2.85. The molecule has 0 radical (unpaired) electrons. The summed E-state index contributed by atoms with van der Waals surface area (Å²) in [5.41, 5.74) is 2.21. The molecule has 0 aromatic heterocycles. The van der Waals surface area contributed by atoms with Crippen molar-refractivity contribution in [3.63, 3.8) is 0 Å². The van der Waals surface area contributed by atoms with Gasteiger partial charge < -0.3 is 5.32 Å². The zero-order valence-corrected chi connectivity index (χ0v) is 13.2. The maximum Gasteiger partial charge on any atom is 0.234 e. The number of carbonyl (C=O) groups excluding carboxylic acids is 1. The highest BCUT2D eigenvalue weighted by atomic mass is 32.2. The second kappa shape index (κ2) is 7.96. The van der Waals surface area contributed by atoms with Gasteiger partial charge in [0.1, 0.15) is 0 Å². The van der Waals surface area contributed by atoms with E-state index in [1.54, 1.807) is 11.8 Å². The van der Waals surface area contributed by atoms with E-state index < -0.39 is 0 Å². The standard InChI is InChI=1S/C16H22N2OS/c1-16(2,3)13-6-8-14(9-7-13)18-15(19)12-20-11-5-4-10-17/h6-9H,4-5,11-12H2,1-3H3,(H,18,19). The van der Waals surface area contributed by atoms with Crippen LogP contribution in [-0.2, 0) is 10.2 Å². The number of hydrogen-bond donors (Lipinski definition) is 1. The van der Waals surface area contributed by atoms with Gasteiger partial charge in [-0.2, -0.15) is 17.0 Å². The van der Waals surface area contributed by atoms with Crippen LogP contribution in [0.2, 0.25) is 0 Å². The van der Waals surface area contributed by atoms with Gasteiger partial charge in [-0.3, -0.25) is 4.79 Å². The molecule has 0 bridgehead atoms. The van der Waals surface area contributed by atoms with Gasteiger partial charge in [-0.15, -0.1) is 0 Å². The number of benzene rings is 1. The van der Waals surface area contributed by atoms with Crippen LogP contribution in [0.3, 0.4) is 0 Å². The van der Waals surface area contributed by atoms with Crippen LogP contribution in [0.25, 0.3) is 0 Å². The number of nitrogens with zero attached hydrogens (tertiary/aromatic N) is 1. The van der Waals surface area contributed by atoms with Gasteiger partial charge in [0.05, 0.1) is 11.8 Å². The number of amides is 1. The molecule has 0 saturated heterocycles. The summed E-state index contributed by atoms with van der Waals surface area (Å²) in [7, 11) is 0. The quantitative estimate of drug-likeness (QED) is 0.807. The molecular formula is C16H22N2OS. The first-order valence-corrected chi connectivity index (χ1v) is 7.94. The second-order valence-corrected chi connectivity index (χ2v) is 6.79. The summed E-state index contributed by atoms with van der Waals surface area (Å²) in [4.78, 5) is 11.7. The highest BCUT2D eigenvalue weighted by Crippen LogP contribution is 2.23. The Morgan fingerprint density at radius 3 is 2.50 bits per heavy atom. The lowest BCUT2D eigenvalue weighted by Gasteiger charge is -2.19. The first-order valence-electron chi connectivity index (χ1n) is 6.78. The molecule has 0 fully saturated rings. The molecule has 0 spiro atoms. The third kappa shape index (κ3) is 6.12. The maximum atomic E-state index is 11.7. The Bertz CT molecular complexity index is 469. The Morgan fingerprint density at radius 2 is 1.95 bits per heavy atom. The number of hydrogen-bond acceptors (Lipinski definition) is 3. The Hall–Kier alpha value is -1.47. The Morgan fingerprint density at radius 1 is 1.30 bits per heavy atom. The van der Waals surface area contributed by atoms with Crippen molar-refractivity contribution in [2.75, 3.05) is 16.8 Å². The monoisotopic (exact) mass is 290 g/mol. The van der Waals surface area contributed by atoms with Gasteiger partial charge in [-0.1, -0.05) is 32.9 Å². The molecule has 1 amide bonds. The summed E-state index contributed by atoms with van der Waals surface area (Å²) in [6.07, 6.45) is 1.40. The zero-order chi connectivity index (χ0) is 15.0. The van der Waals surface area contributed by atoms with Crippen LogP contribution in [0, 0.1) is 11.3 Å². The molecule has 0 aliphatic rings. The van der Waals surface area contributed by atoms with Crippen LogP contribution in [0.4, 0.5) is 5.69 Å². The van der Waals surface area contributed by atoms with E-state index in [0.29, 0.717) is 12.2 Å². The fourth-order valence-electron chi connectivity index (χ4n) is 1.67. The van der Waals surface area contributed by atoms with Crippen LogP contribution in [0.15, 0.2) is 24.3 Å². The van der Waals surface area contributed by atoms with Crippen molar-refractivity contribution in [1.29, 1.82) is 5.26 Å². The van der Waals surface area contributed by atoms with Crippen molar-refractivity contribution in [1.82, 2.24) is 0 Å². The van der Waals surface area contributed by atoms with Gasteiger partial charge in [-0.25, -0.2) is 0 Å². The van der Waals surface area contributed by atoms with E-state index >= 15 is 0 Å². The normalized spacial score (nSPS) is 10.9. The van der Waals surface area contributed by atoms with E-state index in [1.165, 1.54) is 5.56 Å². The van der Waals surface area contributed by atoms with Gasteiger partial charge in [0.2, 0.25) is 5.91 Å². The van der Waals surface area contributed by atoms with Crippen LogP contribution in [0.5, 0.6) is 0 Å². The van der Waals surface area contributed by atoms with Crippen LogP contribution in [-0.4, -0.2) is 17.4 Å². The number of anilines is 1. The van der Waals surface area contributed by atoms with Crippen molar-refractivity contribution < 1.29 is 4.79 Å². The summed E-state index contributed by atoms with van der Waals surface area (Å²) >= 11 is 1.56. The third-order valence-corrected chi connectivity index (χ3v) is 3.89. The molecule has 0 aliphatic carbocycles. The molecule has 108 valence electrons. The van der Waals surface area contributed by atoms with Gasteiger partial charge in [-0.05, 0) is 35.3 Å². The van der Waals surface area contributed by atoms with Crippen LogP contribution < -0.4 is 5.32 Å². The van der Waals surface area contributed by atoms with Crippen molar-refractivity contribution in [3.8, 4) is 6.07 Å². The van der Waals surface area contributed by atoms with Gasteiger partial charge in [0.15, 0.2) is 0 Å². The zero-order valence-electron chi connectivity index (χ0n) is 12.4. The highest BCUT2D eigenvalue weighted by Gasteiger charge is 2.13. The SMILES string of the molecule is CC(C)(C)c1ccc(NC(=O)CSCCCC#N)cc1. The number of rotatable bonds is 6. The molecule has 0 aliphatic heterocycles. The average molecular weight is 290 g/mol. The van der Waals surface area contributed by atoms with Crippen molar-refractivity contribution >= 4 is 23.4 Å². The minimum Gasteiger partial charge on any atom is -0.325 e. The molecule has 20 heavy (non-hydrogen) atoms. The fraction of sp³-hybridized carbons (Fsp3) is 0.500. The molecule has 4 heteroatoms. The largest absolute Gasteiger partial charge is 0.325 e. The van der Waals surface area contributed by atoms with Crippen LogP contribution in [0.1, 0.15) is 39.2 Å². The van der Waals surface area contributed by atoms with E-state index in [0.717, 1.165) is 17.9 Å². The fourth-order valence-corrected chi connectivity index (χ4v) is 2.42. The van der Waals surface area contributed by atoms with E-state index in [-0.39, 0.29) is 11.3 Å². The average Bonchev–Trinajstić information content (AvgIpc) is 2.38. The number of thioether (sulfide) groups is 1.